The number of alkyl halides is 3. The zero-order chi connectivity index (χ0) is 15.1. The molecule has 2 rings (SSSR count). The highest BCUT2D eigenvalue weighted by atomic mass is 35.5. The van der Waals surface area contributed by atoms with Crippen molar-refractivity contribution in [3.05, 3.63) is 23.2 Å². The third kappa shape index (κ3) is 3.18. The van der Waals surface area contributed by atoms with Crippen LogP contribution >= 0.6 is 11.6 Å². The van der Waals surface area contributed by atoms with Gasteiger partial charge in [-0.2, -0.15) is 17.5 Å². The van der Waals surface area contributed by atoms with Crippen LogP contribution in [0.3, 0.4) is 0 Å². The molecule has 1 fully saturated rings. The molecule has 0 spiro atoms. The maximum absolute atomic E-state index is 12.6. The molecule has 1 saturated carbocycles. The molecular formula is C11H12ClF3N2O2S. The van der Waals surface area contributed by atoms with Gasteiger partial charge in [-0.05, 0) is 25.0 Å². The Kier molecular flexibility index (Phi) is 3.92. The Morgan fingerprint density at radius 3 is 2.40 bits per heavy atom. The van der Waals surface area contributed by atoms with Crippen LogP contribution in [0.2, 0.25) is 5.02 Å². The minimum atomic E-state index is -4.62. The number of sulfonamides is 1. The molecule has 0 saturated heterocycles. The molecule has 4 nitrogen and oxygen atoms in total. The van der Waals surface area contributed by atoms with Crippen molar-refractivity contribution < 1.29 is 21.6 Å². The molecule has 0 heterocycles. The molecule has 1 aromatic carbocycles. The number of nitrogen functional groups attached to an aromatic ring is 1. The standard InChI is InChI=1S/C11H12ClF3N2O2S/c12-8-2-1-3-9(16)10(8)20(18,19)17(7-4-5-7)6-11(13,14)15/h1-3,7H,4-6,16H2. The Morgan fingerprint density at radius 1 is 1.35 bits per heavy atom. The van der Waals surface area contributed by atoms with Crippen molar-refractivity contribution >= 4 is 27.3 Å². The predicted octanol–water partition coefficient (Wildman–Crippen LogP) is 2.64. The van der Waals surface area contributed by atoms with Gasteiger partial charge in [0, 0.05) is 6.04 Å². The van der Waals surface area contributed by atoms with Crippen molar-refractivity contribution in [2.45, 2.75) is 30.0 Å². The molecule has 2 N–H and O–H groups in total. The summed E-state index contributed by atoms with van der Waals surface area (Å²) in [5, 5.41) is -0.183. The number of nitrogens with two attached hydrogens (primary N) is 1. The number of rotatable bonds is 4. The summed E-state index contributed by atoms with van der Waals surface area (Å²) < 4.78 is 62.9. The molecule has 9 heteroatoms. The molecule has 1 aromatic rings. The molecule has 20 heavy (non-hydrogen) atoms. The van der Waals surface area contributed by atoms with Crippen LogP contribution in [-0.4, -0.2) is 31.5 Å². The summed E-state index contributed by atoms with van der Waals surface area (Å²) >= 11 is 5.79. The highest BCUT2D eigenvalue weighted by Crippen LogP contribution is 2.38. The number of nitrogens with zero attached hydrogens (tertiary/aromatic N) is 1. The molecule has 1 aliphatic rings. The van der Waals surface area contributed by atoms with Crippen LogP contribution in [0.15, 0.2) is 23.1 Å². The second-order valence-electron chi connectivity index (χ2n) is 4.55. The monoisotopic (exact) mass is 328 g/mol. The molecule has 0 unspecified atom stereocenters. The van der Waals surface area contributed by atoms with Gasteiger partial charge in [-0.15, -0.1) is 0 Å². The lowest BCUT2D eigenvalue weighted by molar-refractivity contribution is -0.137. The molecule has 0 amide bonds. The fourth-order valence-electron chi connectivity index (χ4n) is 1.86. The summed E-state index contributed by atoms with van der Waals surface area (Å²) in [7, 11) is -4.38. The van der Waals surface area contributed by atoms with Gasteiger partial charge in [0.2, 0.25) is 10.0 Å². The average Bonchev–Trinajstić information content (AvgIpc) is 3.07. The summed E-state index contributed by atoms with van der Waals surface area (Å²) in [6, 6.07) is 3.36. The minimum absolute atomic E-state index is 0.162. The first-order valence-electron chi connectivity index (χ1n) is 5.75. The van der Waals surface area contributed by atoms with Gasteiger partial charge in [0.15, 0.2) is 0 Å². The first-order valence-corrected chi connectivity index (χ1v) is 7.57. The van der Waals surface area contributed by atoms with Gasteiger partial charge >= 0.3 is 6.18 Å². The molecule has 0 aliphatic heterocycles. The first kappa shape index (κ1) is 15.4. The number of benzene rings is 1. The largest absolute Gasteiger partial charge is 0.402 e. The smallest absolute Gasteiger partial charge is 0.398 e. The normalized spacial score (nSPS) is 16.6. The van der Waals surface area contributed by atoms with E-state index in [9.17, 15) is 21.6 Å². The van der Waals surface area contributed by atoms with E-state index in [4.69, 9.17) is 17.3 Å². The van der Waals surface area contributed by atoms with E-state index in [1.54, 1.807) is 0 Å². The number of hydrogen-bond donors (Lipinski definition) is 1. The van der Waals surface area contributed by atoms with E-state index in [-0.39, 0.29) is 10.7 Å². The van der Waals surface area contributed by atoms with Crippen molar-refractivity contribution in [1.29, 1.82) is 0 Å². The molecular weight excluding hydrogens is 317 g/mol. The van der Waals surface area contributed by atoms with E-state index in [0.29, 0.717) is 17.1 Å². The Balaban J connectivity index is 2.46. The summed E-state index contributed by atoms with van der Waals surface area (Å²) in [5.74, 6) is 0. The van der Waals surface area contributed by atoms with Crippen LogP contribution in [0.25, 0.3) is 0 Å². The van der Waals surface area contributed by atoms with Crippen LogP contribution in [0.1, 0.15) is 12.8 Å². The molecule has 0 atom stereocenters. The topological polar surface area (TPSA) is 63.4 Å². The predicted molar refractivity (Wildman–Crippen MR) is 68.8 cm³/mol. The van der Waals surface area contributed by atoms with E-state index in [1.165, 1.54) is 18.2 Å². The fourth-order valence-corrected chi connectivity index (χ4v) is 4.17. The molecule has 0 bridgehead atoms. The second kappa shape index (κ2) is 5.09. The van der Waals surface area contributed by atoms with E-state index in [0.717, 1.165) is 0 Å². The van der Waals surface area contributed by atoms with Gasteiger partial charge in [-0.3, -0.25) is 0 Å². The summed E-state index contributed by atoms with van der Waals surface area (Å²) in [4.78, 5) is -0.460. The summed E-state index contributed by atoms with van der Waals surface area (Å²) in [5.41, 5.74) is 5.40. The number of anilines is 1. The maximum Gasteiger partial charge on any atom is 0.402 e. The van der Waals surface area contributed by atoms with Crippen LogP contribution < -0.4 is 5.73 Å². The Bertz CT molecular complexity index is 594. The average molecular weight is 329 g/mol. The van der Waals surface area contributed by atoms with Gasteiger partial charge in [-0.1, -0.05) is 17.7 Å². The van der Waals surface area contributed by atoms with Gasteiger partial charge in [0.05, 0.1) is 10.7 Å². The van der Waals surface area contributed by atoms with Crippen LogP contribution in [0, 0.1) is 0 Å². The Labute approximate surface area is 119 Å². The molecule has 112 valence electrons. The van der Waals surface area contributed by atoms with Gasteiger partial charge in [0.25, 0.3) is 0 Å². The van der Waals surface area contributed by atoms with Crippen molar-refractivity contribution in [2.75, 3.05) is 12.3 Å². The molecule has 1 aliphatic carbocycles. The van der Waals surface area contributed by atoms with E-state index in [2.05, 4.69) is 0 Å². The Morgan fingerprint density at radius 2 is 1.95 bits per heavy atom. The van der Waals surface area contributed by atoms with Crippen LogP contribution in [0.5, 0.6) is 0 Å². The quantitative estimate of drug-likeness (QED) is 0.864. The lowest BCUT2D eigenvalue weighted by atomic mass is 10.3. The van der Waals surface area contributed by atoms with Gasteiger partial charge in [-0.25, -0.2) is 8.42 Å². The lowest BCUT2D eigenvalue weighted by Gasteiger charge is -2.24. The Hall–Kier alpha value is -0.990. The second-order valence-corrected chi connectivity index (χ2v) is 6.79. The lowest BCUT2D eigenvalue weighted by Crippen LogP contribution is -2.40. The fraction of sp³-hybridized carbons (Fsp3) is 0.455. The maximum atomic E-state index is 12.6. The molecule has 0 radical (unpaired) electrons. The number of halogens is 4. The first-order chi connectivity index (χ1) is 9.13. The third-order valence-electron chi connectivity index (χ3n) is 2.85. The summed E-state index contributed by atoms with van der Waals surface area (Å²) in [6.45, 7) is -1.54. The number of hydrogen-bond acceptors (Lipinski definition) is 3. The van der Waals surface area contributed by atoms with Crippen molar-refractivity contribution in [3.63, 3.8) is 0 Å². The van der Waals surface area contributed by atoms with Gasteiger partial charge in [0.1, 0.15) is 11.4 Å². The molecule has 0 aromatic heterocycles. The van der Waals surface area contributed by atoms with E-state index < -0.39 is 33.7 Å². The highest BCUT2D eigenvalue weighted by Gasteiger charge is 2.45. The SMILES string of the molecule is Nc1cccc(Cl)c1S(=O)(=O)N(CC(F)(F)F)C1CC1. The van der Waals surface area contributed by atoms with E-state index in [1.807, 2.05) is 0 Å². The van der Waals surface area contributed by atoms with Gasteiger partial charge < -0.3 is 5.73 Å². The zero-order valence-corrected chi connectivity index (χ0v) is 11.8. The van der Waals surface area contributed by atoms with Crippen LogP contribution in [0.4, 0.5) is 18.9 Å². The minimum Gasteiger partial charge on any atom is -0.398 e. The highest BCUT2D eigenvalue weighted by molar-refractivity contribution is 7.89. The third-order valence-corrected chi connectivity index (χ3v) is 5.30. The van der Waals surface area contributed by atoms with Crippen molar-refractivity contribution in [1.82, 2.24) is 4.31 Å². The van der Waals surface area contributed by atoms with Crippen molar-refractivity contribution in [3.8, 4) is 0 Å². The summed E-state index contributed by atoms with van der Waals surface area (Å²) in [6.07, 6.45) is -3.81. The zero-order valence-electron chi connectivity index (χ0n) is 10.2. The van der Waals surface area contributed by atoms with Crippen molar-refractivity contribution in [2.24, 2.45) is 0 Å². The van der Waals surface area contributed by atoms with E-state index >= 15 is 0 Å². The van der Waals surface area contributed by atoms with Crippen LogP contribution in [-0.2, 0) is 10.0 Å².